The van der Waals surface area contributed by atoms with Gasteiger partial charge in [0.05, 0.1) is 6.10 Å². The quantitative estimate of drug-likeness (QED) is 0.785. The second-order valence-electron chi connectivity index (χ2n) is 4.82. The van der Waals surface area contributed by atoms with E-state index in [0.717, 1.165) is 37.0 Å². The predicted octanol–water partition coefficient (Wildman–Crippen LogP) is 2.20. The Kier molecular flexibility index (Phi) is 5.06. The van der Waals surface area contributed by atoms with Crippen LogP contribution in [0.5, 0.6) is 0 Å². The van der Waals surface area contributed by atoms with Crippen LogP contribution in [0.3, 0.4) is 0 Å². The molecule has 0 atom stereocenters. The number of hydrogen-bond donors (Lipinski definition) is 1. The van der Waals surface area contributed by atoms with E-state index in [4.69, 9.17) is 4.74 Å². The maximum Gasteiger partial charge on any atom is 0.160 e. The minimum absolute atomic E-state index is 0.285. The number of ether oxygens (including phenoxy) is 1. The zero-order chi connectivity index (χ0) is 14.4. The summed E-state index contributed by atoms with van der Waals surface area (Å²) in [6.45, 7) is 7.59. The molecule has 0 spiro atoms. The highest BCUT2D eigenvalue weighted by Gasteiger charge is 2.02. The molecule has 0 amide bonds. The molecule has 0 radical (unpaired) electrons. The monoisotopic (exact) mass is 275 g/mol. The fourth-order valence-corrected chi connectivity index (χ4v) is 1.78. The first-order chi connectivity index (χ1) is 9.66. The third-order valence-corrected chi connectivity index (χ3v) is 2.80. The van der Waals surface area contributed by atoms with Crippen molar-refractivity contribution >= 4 is 5.82 Å². The van der Waals surface area contributed by atoms with Crippen molar-refractivity contribution in [3.63, 3.8) is 0 Å². The maximum absolute atomic E-state index is 5.47. The fraction of sp³-hybridized carbons (Fsp3) is 0.500. The Morgan fingerprint density at radius 2 is 2.15 bits per heavy atom. The Morgan fingerprint density at radius 1 is 1.30 bits per heavy atom. The molecule has 0 saturated heterocycles. The van der Waals surface area contributed by atoms with Gasteiger partial charge in [-0.05, 0) is 39.3 Å². The number of hydrogen-bond acceptors (Lipinski definition) is 5. The smallest absolute Gasteiger partial charge is 0.160 e. The largest absolute Gasteiger partial charge is 0.379 e. The van der Waals surface area contributed by atoms with Crippen molar-refractivity contribution in [2.24, 2.45) is 0 Å². The Balaban J connectivity index is 1.82. The van der Waals surface area contributed by atoms with E-state index in [1.807, 2.05) is 43.7 Å². The first-order valence-corrected chi connectivity index (χ1v) is 6.86. The molecule has 0 bridgehead atoms. The zero-order valence-corrected chi connectivity index (χ0v) is 12.2. The Labute approximate surface area is 119 Å². The van der Waals surface area contributed by atoms with Crippen LogP contribution in [0, 0.1) is 6.92 Å². The summed E-state index contributed by atoms with van der Waals surface area (Å²) in [5.74, 6) is 2.44. The van der Waals surface area contributed by atoms with E-state index in [2.05, 4.69) is 20.5 Å². The predicted molar refractivity (Wildman–Crippen MR) is 78.1 cm³/mol. The summed E-state index contributed by atoms with van der Waals surface area (Å²) in [5, 5.41) is 11.6. The first-order valence-electron chi connectivity index (χ1n) is 6.86. The van der Waals surface area contributed by atoms with E-state index in [1.54, 1.807) is 6.20 Å². The number of aromatic nitrogens is 4. The highest BCUT2D eigenvalue weighted by Crippen LogP contribution is 2.08. The third kappa shape index (κ3) is 4.03. The van der Waals surface area contributed by atoms with Crippen LogP contribution in [0.2, 0.25) is 0 Å². The molecule has 0 aliphatic rings. The molecular formula is C14H21N5O. The molecule has 6 nitrogen and oxygen atoms in total. The van der Waals surface area contributed by atoms with Gasteiger partial charge in [0, 0.05) is 25.5 Å². The van der Waals surface area contributed by atoms with Crippen LogP contribution in [0.15, 0.2) is 24.5 Å². The molecule has 0 aliphatic heterocycles. The Hall–Kier alpha value is -1.95. The van der Waals surface area contributed by atoms with E-state index in [9.17, 15) is 0 Å². The van der Waals surface area contributed by atoms with E-state index >= 15 is 0 Å². The lowest BCUT2D eigenvalue weighted by Crippen LogP contribution is -2.10. The number of nitrogens with zero attached hydrogens (tertiary/aromatic N) is 4. The van der Waals surface area contributed by atoms with E-state index in [-0.39, 0.29) is 6.10 Å². The third-order valence-electron chi connectivity index (χ3n) is 2.80. The van der Waals surface area contributed by atoms with Gasteiger partial charge in [0.25, 0.3) is 0 Å². The van der Waals surface area contributed by atoms with Gasteiger partial charge in [0.1, 0.15) is 11.6 Å². The lowest BCUT2D eigenvalue weighted by atomic mass is 10.4. The van der Waals surface area contributed by atoms with Gasteiger partial charge in [-0.25, -0.2) is 4.98 Å². The summed E-state index contributed by atoms with van der Waals surface area (Å²) >= 11 is 0. The summed E-state index contributed by atoms with van der Waals surface area (Å²) in [6, 6.07) is 3.85. The molecule has 0 saturated carbocycles. The van der Waals surface area contributed by atoms with E-state index < -0.39 is 0 Å². The Morgan fingerprint density at radius 3 is 2.75 bits per heavy atom. The first kappa shape index (κ1) is 14.5. The summed E-state index contributed by atoms with van der Waals surface area (Å²) in [5.41, 5.74) is 0. The molecule has 0 aromatic carbocycles. The number of rotatable bonds is 7. The highest BCUT2D eigenvalue weighted by atomic mass is 16.5. The van der Waals surface area contributed by atoms with E-state index in [1.165, 1.54) is 0 Å². The van der Waals surface area contributed by atoms with Crippen LogP contribution in [0.25, 0.3) is 5.82 Å². The molecule has 0 aliphatic carbocycles. The fourth-order valence-electron chi connectivity index (χ4n) is 1.78. The summed E-state index contributed by atoms with van der Waals surface area (Å²) in [7, 11) is 0. The SMILES string of the molecule is Cc1nccn1-c1ccc(NCCCOC(C)C)nn1. The van der Waals surface area contributed by atoms with Gasteiger partial charge in [-0.1, -0.05) is 0 Å². The minimum Gasteiger partial charge on any atom is -0.379 e. The van der Waals surface area contributed by atoms with Crippen molar-refractivity contribution in [1.82, 2.24) is 19.7 Å². The molecule has 2 aromatic heterocycles. The summed E-state index contributed by atoms with van der Waals surface area (Å²) in [6.07, 6.45) is 4.85. The van der Waals surface area contributed by atoms with Crippen LogP contribution in [0.1, 0.15) is 26.1 Å². The maximum atomic E-state index is 5.47. The molecule has 108 valence electrons. The Bertz CT molecular complexity index is 521. The van der Waals surface area contributed by atoms with Crippen molar-refractivity contribution in [1.29, 1.82) is 0 Å². The van der Waals surface area contributed by atoms with Crippen molar-refractivity contribution < 1.29 is 4.74 Å². The lowest BCUT2D eigenvalue weighted by Gasteiger charge is -2.08. The van der Waals surface area contributed by atoms with Gasteiger partial charge in [-0.3, -0.25) is 4.57 Å². The molecule has 0 unspecified atom stereocenters. The zero-order valence-electron chi connectivity index (χ0n) is 12.2. The average Bonchev–Trinajstić information content (AvgIpc) is 2.85. The standard InChI is InChI=1S/C14H21N5O/c1-11(2)20-10-4-7-16-13-5-6-14(18-17-13)19-9-8-15-12(19)3/h5-6,8-9,11H,4,7,10H2,1-3H3,(H,16,17). The molecule has 2 heterocycles. The van der Waals surface area contributed by atoms with Crippen molar-refractivity contribution in [3.8, 4) is 5.82 Å². The molecule has 6 heteroatoms. The van der Waals surface area contributed by atoms with Gasteiger partial charge < -0.3 is 10.1 Å². The summed E-state index contributed by atoms with van der Waals surface area (Å²) in [4.78, 5) is 4.17. The molecule has 2 rings (SSSR count). The van der Waals surface area contributed by atoms with Crippen molar-refractivity contribution in [3.05, 3.63) is 30.4 Å². The molecule has 0 fully saturated rings. The molecular weight excluding hydrogens is 254 g/mol. The minimum atomic E-state index is 0.285. The average molecular weight is 275 g/mol. The van der Waals surface area contributed by atoms with Gasteiger partial charge in [-0.2, -0.15) is 0 Å². The topological polar surface area (TPSA) is 64.9 Å². The van der Waals surface area contributed by atoms with Crippen LogP contribution in [-0.2, 0) is 4.74 Å². The van der Waals surface area contributed by atoms with Crippen LogP contribution in [0.4, 0.5) is 5.82 Å². The van der Waals surface area contributed by atoms with Crippen LogP contribution < -0.4 is 5.32 Å². The number of anilines is 1. The van der Waals surface area contributed by atoms with Crippen molar-refractivity contribution in [2.75, 3.05) is 18.5 Å². The summed E-state index contributed by atoms with van der Waals surface area (Å²) < 4.78 is 7.37. The van der Waals surface area contributed by atoms with Gasteiger partial charge >= 0.3 is 0 Å². The van der Waals surface area contributed by atoms with Crippen LogP contribution in [-0.4, -0.2) is 39.0 Å². The second-order valence-corrected chi connectivity index (χ2v) is 4.82. The second kappa shape index (κ2) is 7.00. The van der Waals surface area contributed by atoms with Gasteiger partial charge in [-0.15, -0.1) is 10.2 Å². The highest BCUT2D eigenvalue weighted by molar-refractivity contribution is 5.36. The lowest BCUT2D eigenvalue weighted by molar-refractivity contribution is 0.0787. The normalized spacial score (nSPS) is 11.0. The molecule has 1 N–H and O–H groups in total. The van der Waals surface area contributed by atoms with Gasteiger partial charge in [0.15, 0.2) is 5.82 Å². The van der Waals surface area contributed by atoms with Crippen molar-refractivity contribution in [2.45, 2.75) is 33.3 Å². The van der Waals surface area contributed by atoms with Gasteiger partial charge in [0.2, 0.25) is 0 Å². The number of nitrogens with one attached hydrogen (secondary N) is 1. The number of imidazole rings is 1. The molecule has 20 heavy (non-hydrogen) atoms. The molecule has 2 aromatic rings. The van der Waals surface area contributed by atoms with Crippen LogP contribution >= 0.6 is 0 Å². The number of aryl methyl sites for hydroxylation is 1. The van der Waals surface area contributed by atoms with E-state index in [0.29, 0.717) is 0 Å².